The lowest BCUT2D eigenvalue weighted by molar-refractivity contribution is -0.540. The summed E-state index contributed by atoms with van der Waals surface area (Å²) < 4.78 is 0. The molecule has 0 radical (unpaired) electrons. The fourth-order valence-corrected chi connectivity index (χ4v) is 8.30. The molecule has 7 rings (SSSR count). The van der Waals surface area contributed by atoms with Crippen molar-refractivity contribution in [1.82, 2.24) is 0 Å². The van der Waals surface area contributed by atoms with Crippen molar-refractivity contribution in [3.05, 3.63) is 191 Å². The number of allylic oxidation sites excluding steroid dienone is 5. The largest absolute Gasteiger partial charge is 0.347 e. The summed E-state index contributed by atoms with van der Waals surface area (Å²) in [6.07, 6.45) is 5.70. The molecule has 50 heavy (non-hydrogen) atoms. The third-order valence-corrected chi connectivity index (χ3v) is 10.8. The first-order chi connectivity index (χ1) is 24.3. The van der Waals surface area contributed by atoms with Crippen molar-refractivity contribution in [2.45, 2.75) is 37.5 Å². The molecule has 0 aromatic heterocycles. The zero-order valence-electron chi connectivity index (χ0n) is 29.4. The second-order valence-corrected chi connectivity index (χ2v) is 14.0. The minimum Gasteiger partial charge on any atom is -0.347 e. The fourth-order valence-electron chi connectivity index (χ4n) is 8.30. The number of nitriles is 1. The molecule has 2 atom stereocenters. The van der Waals surface area contributed by atoms with Crippen LogP contribution in [0.25, 0.3) is 21.5 Å². The number of fused-ring (bicyclic) bond motifs is 4. The van der Waals surface area contributed by atoms with E-state index in [0.29, 0.717) is 5.57 Å². The van der Waals surface area contributed by atoms with Crippen LogP contribution in [0.15, 0.2) is 169 Å². The number of rotatable bonds is 9. The molecule has 0 amide bonds. The molecule has 0 bridgehead atoms. The van der Waals surface area contributed by atoms with Gasteiger partial charge in [0.25, 0.3) is 0 Å². The molecule has 1 aliphatic heterocycles. The molecule has 0 saturated carbocycles. The quantitative estimate of drug-likeness (QED) is 0.0962. The highest BCUT2D eigenvalue weighted by Crippen LogP contribution is 2.52. The Kier molecular flexibility index (Phi) is 8.74. The highest BCUT2D eigenvalue weighted by Gasteiger charge is 2.44. The number of nitrogens with two attached hydrogens (primary N) is 1. The number of hydrogen-bond acceptors (Lipinski definition) is 2. The van der Waals surface area contributed by atoms with Gasteiger partial charge >= 0.3 is 0 Å². The van der Waals surface area contributed by atoms with Gasteiger partial charge in [0.1, 0.15) is 5.69 Å². The molecule has 1 aliphatic rings. The predicted octanol–water partition coefficient (Wildman–Crippen LogP) is 9.86. The van der Waals surface area contributed by atoms with Gasteiger partial charge in [-0.3, -0.25) is 0 Å². The monoisotopic (exact) mass is 650 g/mol. The zero-order chi connectivity index (χ0) is 34.9. The maximum atomic E-state index is 10.8. The van der Waals surface area contributed by atoms with Gasteiger partial charge in [-0.1, -0.05) is 129 Å². The Balaban J connectivity index is 1.40. The van der Waals surface area contributed by atoms with Crippen LogP contribution in [-0.2, 0) is 23.7 Å². The third-order valence-electron chi connectivity index (χ3n) is 10.8. The maximum absolute atomic E-state index is 10.8. The van der Waals surface area contributed by atoms with Gasteiger partial charge < -0.3 is 10.2 Å². The van der Waals surface area contributed by atoms with Crippen LogP contribution in [0.5, 0.6) is 0 Å². The Morgan fingerprint density at radius 1 is 0.800 bits per heavy atom. The van der Waals surface area contributed by atoms with Crippen LogP contribution in [-0.4, -0.2) is 14.1 Å². The van der Waals surface area contributed by atoms with Gasteiger partial charge in [0.05, 0.1) is 18.7 Å². The van der Waals surface area contributed by atoms with E-state index >= 15 is 0 Å². The molecule has 0 fully saturated rings. The van der Waals surface area contributed by atoms with Gasteiger partial charge in [-0.25, -0.2) is 0 Å². The van der Waals surface area contributed by atoms with E-state index in [1.54, 1.807) is 0 Å². The molecule has 3 nitrogen and oxygen atoms in total. The van der Waals surface area contributed by atoms with Gasteiger partial charge in [0.2, 0.25) is 0 Å². The summed E-state index contributed by atoms with van der Waals surface area (Å²) in [5, 5.41) is 17.9. The summed E-state index contributed by atoms with van der Waals surface area (Å²) in [6, 6.07) is 50.0. The summed E-state index contributed by atoms with van der Waals surface area (Å²) >= 11 is 0. The summed E-state index contributed by atoms with van der Waals surface area (Å²) in [6.45, 7) is 9.39. The average molecular weight is 651 g/mol. The topological polar surface area (TPSA) is 43.6 Å². The number of likely N-dealkylation sites (N-methyl/N-ethyl adjacent to an activating group) is 1. The number of quaternary nitrogens is 1. The summed E-state index contributed by atoms with van der Waals surface area (Å²) in [5.41, 5.74) is 9.11. The average Bonchev–Trinajstić information content (AvgIpc) is 3.36. The summed E-state index contributed by atoms with van der Waals surface area (Å²) in [7, 11) is 4.24. The number of hydrogen-bond donors (Lipinski definition) is 1. The molecule has 3 heteroatoms. The minimum absolute atomic E-state index is 0.378. The van der Waals surface area contributed by atoms with Gasteiger partial charge in [-0.05, 0) is 93.9 Å². The van der Waals surface area contributed by atoms with Crippen molar-refractivity contribution in [3.8, 4) is 6.07 Å². The second kappa shape index (κ2) is 13.3. The van der Waals surface area contributed by atoms with Crippen molar-refractivity contribution in [2.24, 2.45) is 0 Å². The molecule has 6 aromatic rings. The van der Waals surface area contributed by atoms with E-state index in [-0.39, 0.29) is 5.41 Å². The van der Waals surface area contributed by atoms with Crippen LogP contribution in [0.2, 0.25) is 0 Å². The Labute approximate surface area is 296 Å². The minimum atomic E-state index is -0.501. The van der Waals surface area contributed by atoms with Crippen LogP contribution in [0.4, 0.5) is 11.4 Å². The van der Waals surface area contributed by atoms with E-state index < -0.39 is 5.41 Å². The van der Waals surface area contributed by atoms with Crippen LogP contribution >= 0.6 is 0 Å². The van der Waals surface area contributed by atoms with E-state index in [9.17, 15) is 5.26 Å². The molecule has 2 unspecified atom stereocenters. The molecule has 246 valence electrons. The third kappa shape index (κ3) is 5.72. The number of benzene rings is 6. The SMILES string of the molecule is C=C(/C=C(C#N)/C=C1/N(C)c2ccc3ccccc3c2C1(C)Cc1ccccc1)C(C)(Cc1ccccc1)c1c([NH2+]C)ccc2ccccc12. The molecule has 1 heterocycles. The van der Waals surface area contributed by atoms with Gasteiger partial charge in [0, 0.05) is 34.8 Å². The van der Waals surface area contributed by atoms with E-state index in [1.807, 2.05) is 6.08 Å². The Morgan fingerprint density at radius 3 is 2.04 bits per heavy atom. The zero-order valence-corrected chi connectivity index (χ0v) is 29.4. The molecule has 6 aromatic carbocycles. The molecule has 2 N–H and O–H groups in total. The second-order valence-electron chi connectivity index (χ2n) is 14.0. The Morgan fingerprint density at radius 2 is 1.38 bits per heavy atom. The first kappa shape index (κ1) is 32.8. The lowest BCUT2D eigenvalue weighted by atomic mass is 9.69. The smallest absolute Gasteiger partial charge is 0.134 e. The number of anilines is 1. The molecule has 0 spiro atoms. The first-order valence-electron chi connectivity index (χ1n) is 17.5. The Bertz CT molecular complexity index is 2330. The van der Waals surface area contributed by atoms with Crippen molar-refractivity contribution < 1.29 is 5.32 Å². The van der Waals surface area contributed by atoms with Crippen LogP contribution in [0.3, 0.4) is 0 Å². The summed E-state index contributed by atoms with van der Waals surface area (Å²) in [5.74, 6) is 0. The van der Waals surface area contributed by atoms with Crippen molar-refractivity contribution in [1.29, 1.82) is 5.26 Å². The highest BCUT2D eigenvalue weighted by atomic mass is 15.2. The lowest BCUT2D eigenvalue weighted by Gasteiger charge is -2.33. The van der Waals surface area contributed by atoms with Crippen molar-refractivity contribution >= 4 is 32.9 Å². The van der Waals surface area contributed by atoms with E-state index in [1.165, 1.54) is 55.2 Å². The summed E-state index contributed by atoms with van der Waals surface area (Å²) in [4.78, 5) is 2.29. The fraction of sp³-hybridized carbons (Fsp3) is 0.170. The highest BCUT2D eigenvalue weighted by molar-refractivity contribution is 5.95. The van der Waals surface area contributed by atoms with Crippen molar-refractivity contribution in [2.75, 3.05) is 19.0 Å². The Hall–Kier alpha value is -5.69. The molecule has 0 aliphatic carbocycles. The van der Waals surface area contributed by atoms with Crippen LogP contribution < -0.4 is 10.2 Å². The van der Waals surface area contributed by atoms with Gasteiger partial charge in [0.15, 0.2) is 0 Å². The lowest BCUT2D eigenvalue weighted by Crippen LogP contribution is -2.73. The number of nitrogens with zero attached hydrogens (tertiary/aromatic N) is 2. The molecule has 0 saturated heterocycles. The standard InChI is InChI=1S/C47H43N3/c1-33(46(2,30-34-16-8-6-9-17-34)44-39-22-14-12-20-37(39)24-26-41(44)49-4)28-36(32-48)29-43-47(3,31-35-18-10-7-11-19-35)45-40-23-15-13-21-38(40)25-27-42(45)50(43)5/h6-29,49H,1,30-31H2,2-5H3/p+1/b36-28-,43-29+. The molecular formula is C47H44N3+. The predicted molar refractivity (Wildman–Crippen MR) is 210 cm³/mol. The van der Waals surface area contributed by atoms with Crippen LogP contribution in [0, 0.1) is 11.3 Å². The van der Waals surface area contributed by atoms with Gasteiger partial charge in [-0.2, -0.15) is 5.26 Å². The van der Waals surface area contributed by atoms with Crippen LogP contribution in [0.1, 0.15) is 36.1 Å². The van der Waals surface area contributed by atoms with E-state index in [0.717, 1.165) is 24.1 Å². The van der Waals surface area contributed by atoms with Gasteiger partial charge in [-0.15, -0.1) is 0 Å². The van der Waals surface area contributed by atoms with E-state index in [2.05, 4.69) is 184 Å². The normalized spacial score (nSPS) is 17.9. The van der Waals surface area contributed by atoms with Crippen molar-refractivity contribution in [3.63, 3.8) is 0 Å². The first-order valence-corrected chi connectivity index (χ1v) is 17.5. The molecular weight excluding hydrogens is 607 g/mol. The maximum Gasteiger partial charge on any atom is 0.134 e. The van der Waals surface area contributed by atoms with E-state index in [4.69, 9.17) is 6.58 Å².